The molecule has 1 atom stereocenters. The van der Waals surface area contributed by atoms with E-state index in [1.807, 2.05) is 32.0 Å². The molecular formula is C27H22O2. The lowest BCUT2D eigenvalue weighted by Gasteiger charge is -2.19. The van der Waals surface area contributed by atoms with Gasteiger partial charge in [-0.05, 0) is 82.1 Å². The molecule has 142 valence electrons. The number of phenols is 2. The van der Waals surface area contributed by atoms with E-state index in [1.54, 1.807) is 12.1 Å². The molecule has 29 heavy (non-hydrogen) atoms. The van der Waals surface area contributed by atoms with Gasteiger partial charge in [0.1, 0.15) is 11.5 Å². The van der Waals surface area contributed by atoms with E-state index in [-0.39, 0.29) is 5.92 Å². The standard InChI is InChI=1S/C27H22O2/c1-16-14-18(10-12-24(16)28)20-8-5-9-23-21-6-3-4-7-22(21)26(27(20)23)19-11-13-25(29)17(2)15-19/h3-15,26,28-29H,1-2H3. The van der Waals surface area contributed by atoms with Crippen LogP contribution in [-0.4, -0.2) is 10.2 Å². The maximum atomic E-state index is 10.0. The number of fused-ring (bicyclic) bond motifs is 3. The van der Waals surface area contributed by atoms with Crippen LogP contribution in [0.1, 0.15) is 33.7 Å². The molecule has 0 saturated carbocycles. The molecule has 0 fully saturated rings. The number of rotatable bonds is 2. The third-order valence-electron chi connectivity index (χ3n) is 6.02. The van der Waals surface area contributed by atoms with E-state index >= 15 is 0 Å². The van der Waals surface area contributed by atoms with Gasteiger partial charge in [0.05, 0.1) is 0 Å². The Morgan fingerprint density at radius 2 is 1.28 bits per heavy atom. The number of benzene rings is 4. The van der Waals surface area contributed by atoms with E-state index in [0.717, 1.165) is 16.7 Å². The fourth-order valence-electron chi connectivity index (χ4n) is 4.54. The molecule has 2 nitrogen and oxygen atoms in total. The molecule has 4 aromatic rings. The van der Waals surface area contributed by atoms with Gasteiger partial charge in [-0.2, -0.15) is 0 Å². The summed E-state index contributed by atoms with van der Waals surface area (Å²) in [5.41, 5.74) is 10.3. The first-order chi connectivity index (χ1) is 14.0. The minimum absolute atomic E-state index is 0.103. The molecule has 0 amide bonds. The summed E-state index contributed by atoms with van der Waals surface area (Å²) < 4.78 is 0. The van der Waals surface area contributed by atoms with Crippen LogP contribution in [0, 0.1) is 13.8 Å². The number of aromatic hydroxyl groups is 2. The maximum absolute atomic E-state index is 10.0. The van der Waals surface area contributed by atoms with Crippen LogP contribution in [-0.2, 0) is 0 Å². The summed E-state index contributed by atoms with van der Waals surface area (Å²) in [5, 5.41) is 20.0. The molecule has 1 aliphatic carbocycles. The SMILES string of the molecule is Cc1cc(-c2cccc3c2C(c2ccc(O)c(C)c2)c2ccccc2-3)ccc1O. The molecule has 0 aliphatic heterocycles. The molecule has 1 aliphatic rings. The molecule has 0 heterocycles. The second-order valence-electron chi connectivity index (χ2n) is 7.83. The number of hydrogen-bond acceptors (Lipinski definition) is 2. The van der Waals surface area contributed by atoms with Crippen LogP contribution < -0.4 is 0 Å². The molecule has 5 rings (SSSR count). The van der Waals surface area contributed by atoms with Gasteiger partial charge in [-0.25, -0.2) is 0 Å². The predicted molar refractivity (Wildman–Crippen MR) is 118 cm³/mol. The first-order valence-corrected chi connectivity index (χ1v) is 9.86. The molecule has 0 radical (unpaired) electrons. The van der Waals surface area contributed by atoms with Crippen molar-refractivity contribution < 1.29 is 10.2 Å². The Kier molecular flexibility index (Phi) is 3.95. The van der Waals surface area contributed by atoms with Gasteiger partial charge >= 0.3 is 0 Å². The van der Waals surface area contributed by atoms with Crippen LogP contribution in [0.2, 0.25) is 0 Å². The first kappa shape index (κ1) is 17.6. The van der Waals surface area contributed by atoms with Gasteiger partial charge in [-0.1, -0.05) is 60.7 Å². The quantitative estimate of drug-likeness (QED) is 0.366. The lowest BCUT2D eigenvalue weighted by atomic mass is 9.84. The lowest BCUT2D eigenvalue weighted by Crippen LogP contribution is -2.02. The third kappa shape index (κ3) is 2.72. The van der Waals surface area contributed by atoms with Crippen molar-refractivity contribution in [1.29, 1.82) is 0 Å². The molecule has 4 aromatic carbocycles. The Labute approximate surface area is 170 Å². The lowest BCUT2D eigenvalue weighted by molar-refractivity contribution is 0.470. The second kappa shape index (κ2) is 6.52. The number of aryl methyl sites for hydroxylation is 2. The smallest absolute Gasteiger partial charge is 0.118 e. The van der Waals surface area contributed by atoms with Gasteiger partial charge in [-0.15, -0.1) is 0 Å². The van der Waals surface area contributed by atoms with Gasteiger partial charge < -0.3 is 10.2 Å². The van der Waals surface area contributed by atoms with Crippen LogP contribution in [0.4, 0.5) is 0 Å². The van der Waals surface area contributed by atoms with Crippen molar-refractivity contribution in [3.05, 3.63) is 107 Å². The number of hydrogen-bond donors (Lipinski definition) is 2. The highest BCUT2D eigenvalue weighted by Gasteiger charge is 2.32. The normalized spacial score (nSPS) is 14.5. The average Bonchev–Trinajstić information content (AvgIpc) is 3.07. The summed E-state index contributed by atoms with van der Waals surface area (Å²) in [6, 6.07) is 26.7. The third-order valence-corrected chi connectivity index (χ3v) is 6.02. The Hall–Kier alpha value is -3.52. The van der Waals surface area contributed by atoms with Crippen LogP contribution in [0.3, 0.4) is 0 Å². The summed E-state index contributed by atoms with van der Waals surface area (Å²) in [6.07, 6.45) is 0. The van der Waals surface area contributed by atoms with E-state index in [1.165, 1.54) is 33.4 Å². The van der Waals surface area contributed by atoms with E-state index in [9.17, 15) is 10.2 Å². The van der Waals surface area contributed by atoms with Crippen LogP contribution in [0.25, 0.3) is 22.3 Å². The molecule has 1 unspecified atom stereocenters. The second-order valence-corrected chi connectivity index (χ2v) is 7.83. The Bertz CT molecular complexity index is 1250. The molecule has 2 heteroatoms. The van der Waals surface area contributed by atoms with Crippen molar-refractivity contribution in [2.75, 3.05) is 0 Å². The summed E-state index contributed by atoms with van der Waals surface area (Å²) in [7, 11) is 0. The minimum Gasteiger partial charge on any atom is -0.508 e. The van der Waals surface area contributed by atoms with Crippen molar-refractivity contribution in [3.63, 3.8) is 0 Å². The molecular weight excluding hydrogens is 356 g/mol. The Balaban J connectivity index is 1.80. The fourth-order valence-corrected chi connectivity index (χ4v) is 4.54. The van der Waals surface area contributed by atoms with Crippen molar-refractivity contribution in [1.82, 2.24) is 0 Å². The summed E-state index contributed by atoms with van der Waals surface area (Å²) in [4.78, 5) is 0. The highest BCUT2D eigenvalue weighted by atomic mass is 16.3. The van der Waals surface area contributed by atoms with Crippen molar-refractivity contribution in [3.8, 4) is 33.8 Å². The summed E-state index contributed by atoms with van der Waals surface area (Å²) >= 11 is 0. The summed E-state index contributed by atoms with van der Waals surface area (Å²) in [6.45, 7) is 3.87. The Morgan fingerprint density at radius 1 is 0.621 bits per heavy atom. The zero-order valence-electron chi connectivity index (χ0n) is 16.5. The molecule has 0 spiro atoms. The van der Waals surface area contributed by atoms with E-state index < -0.39 is 0 Å². The first-order valence-electron chi connectivity index (χ1n) is 9.86. The maximum Gasteiger partial charge on any atom is 0.118 e. The van der Waals surface area contributed by atoms with Crippen LogP contribution >= 0.6 is 0 Å². The summed E-state index contributed by atoms with van der Waals surface area (Å²) in [5.74, 6) is 0.740. The van der Waals surface area contributed by atoms with Crippen molar-refractivity contribution in [2.45, 2.75) is 19.8 Å². The zero-order chi connectivity index (χ0) is 20.1. The average molecular weight is 378 g/mol. The predicted octanol–water partition coefficient (Wildman–Crippen LogP) is 6.54. The van der Waals surface area contributed by atoms with Gasteiger partial charge in [0.25, 0.3) is 0 Å². The molecule has 2 N–H and O–H groups in total. The van der Waals surface area contributed by atoms with Crippen molar-refractivity contribution in [2.24, 2.45) is 0 Å². The van der Waals surface area contributed by atoms with E-state index in [2.05, 4.69) is 48.5 Å². The topological polar surface area (TPSA) is 40.5 Å². The fraction of sp³-hybridized carbons (Fsp3) is 0.111. The van der Waals surface area contributed by atoms with E-state index in [0.29, 0.717) is 11.5 Å². The molecule has 0 saturated heterocycles. The number of phenolic OH excluding ortho intramolecular Hbond substituents is 2. The Morgan fingerprint density at radius 3 is 2.03 bits per heavy atom. The van der Waals surface area contributed by atoms with Gasteiger partial charge in [-0.3, -0.25) is 0 Å². The zero-order valence-corrected chi connectivity index (χ0v) is 16.5. The van der Waals surface area contributed by atoms with Gasteiger partial charge in [0.2, 0.25) is 0 Å². The van der Waals surface area contributed by atoms with Gasteiger partial charge in [0, 0.05) is 5.92 Å². The van der Waals surface area contributed by atoms with Crippen LogP contribution in [0.5, 0.6) is 11.5 Å². The monoisotopic (exact) mass is 378 g/mol. The van der Waals surface area contributed by atoms with Crippen molar-refractivity contribution >= 4 is 0 Å². The van der Waals surface area contributed by atoms with E-state index in [4.69, 9.17) is 0 Å². The van der Waals surface area contributed by atoms with Crippen LogP contribution in [0.15, 0.2) is 78.9 Å². The minimum atomic E-state index is 0.103. The largest absolute Gasteiger partial charge is 0.508 e. The molecule has 0 aromatic heterocycles. The highest BCUT2D eigenvalue weighted by Crippen LogP contribution is 2.51. The highest BCUT2D eigenvalue weighted by molar-refractivity contribution is 5.88. The van der Waals surface area contributed by atoms with Gasteiger partial charge in [0.15, 0.2) is 0 Å². The molecule has 0 bridgehead atoms.